The molecule has 3 aliphatic carbocycles. The lowest BCUT2D eigenvalue weighted by Gasteiger charge is -2.35. The standard InChI is InChI=1S/C32H52N4O7/c37-28-26(27(34-28)29(38)41-20-23-12-4-1-5-13-23)18-10-11-19-33-30(35-31(39)42-21-24-14-6-2-7-15-24)36-32(40)43-22-25-16-8-3-9-17-25/h23-27H,1-22H2,(H,34,37)(H2,33,35,36,39,40)/t26-,27+/m1/s1. The van der Waals surface area contributed by atoms with E-state index in [2.05, 4.69) is 20.9 Å². The Kier molecular flexibility index (Phi) is 13.9. The molecule has 0 spiro atoms. The van der Waals surface area contributed by atoms with Crippen molar-refractivity contribution >= 4 is 30.0 Å². The quantitative estimate of drug-likeness (QED) is 0.0679. The Bertz CT molecular complexity index is 902. The number of nitrogens with zero attached hydrogens (tertiary/aromatic N) is 1. The fraction of sp³-hybridized carbons (Fsp3) is 0.844. The highest BCUT2D eigenvalue weighted by molar-refractivity contribution is 6.01. The van der Waals surface area contributed by atoms with Crippen LogP contribution in [0.25, 0.3) is 0 Å². The number of carbonyl (C=O) groups is 4. The van der Waals surface area contributed by atoms with Gasteiger partial charge in [0, 0.05) is 6.54 Å². The van der Waals surface area contributed by atoms with Crippen molar-refractivity contribution in [1.29, 1.82) is 0 Å². The number of ether oxygens (including phenoxy) is 3. The molecule has 0 aromatic carbocycles. The van der Waals surface area contributed by atoms with Gasteiger partial charge in [0.2, 0.25) is 11.9 Å². The van der Waals surface area contributed by atoms with E-state index in [9.17, 15) is 19.2 Å². The maximum absolute atomic E-state index is 12.6. The average Bonchev–Trinajstić information content (AvgIpc) is 3.03. The third kappa shape index (κ3) is 11.6. The Morgan fingerprint density at radius 1 is 0.674 bits per heavy atom. The lowest BCUT2D eigenvalue weighted by atomic mass is 9.86. The predicted molar refractivity (Wildman–Crippen MR) is 161 cm³/mol. The first-order valence-corrected chi connectivity index (χ1v) is 16.9. The molecular formula is C32H52N4O7. The maximum Gasteiger partial charge on any atom is 0.413 e. The number of hydrogen-bond acceptors (Lipinski definition) is 8. The molecule has 0 unspecified atom stereocenters. The first kappa shape index (κ1) is 33.1. The minimum Gasteiger partial charge on any atom is -0.464 e. The first-order chi connectivity index (χ1) is 21.0. The summed E-state index contributed by atoms with van der Waals surface area (Å²) in [5.74, 6) is 0.276. The third-order valence-corrected chi connectivity index (χ3v) is 9.46. The van der Waals surface area contributed by atoms with Crippen molar-refractivity contribution in [3.8, 4) is 0 Å². The molecule has 0 aromatic rings. The smallest absolute Gasteiger partial charge is 0.413 e. The van der Waals surface area contributed by atoms with Gasteiger partial charge in [0.1, 0.15) is 6.04 Å². The molecule has 11 nitrogen and oxygen atoms in total. The number of amides is 3. The number of aliphatic imine (C=N–C) groups is 1. The van der Waals surface area contributed by atoms with Gasteiger partial charge in [0.25, 0.3) is 0 Å². The summed E-state index contributed by atoms with van der Waals surface area (Å²) in [5.41, 5.74) is 0. The normalized spacial score (nSPS) is 23.3. The molecule has 4 aliphatic rings. The maximum atomic E-state index is 12.6. The molecule has 2 atom stereocenters. The Labute approximate surface area is 256 Å². The van der Waals surface area contributed by atoms with Crippen LogP contribution in [0.15, 0.2) is 4.99 Å². The van der Waals surface area contributed by atoms with Crippen LogP contribution in [0.4, 0.5) is 9.59 Å². The zero-order valence-electron chi connectivity index (χ0n) is 25.7. The molecule has 3 N–H and O–H groups in total. The van der Waals surface area contributed by atoms with Crippen LogP contribution in [0.3, 0.4) is 0 Å². The summed E-state index contributed by atoms with van der Waals surface area (Å²) in [7, 11) is 0. The number of alkyl carbamates (subject to hydrolysis) is 2. The van der Waals surface area contributed by atoms with Crippen molar-refractivity contribution in [1.82, 2.24) is 16.0 Å². The monoisotopic (exact) mass is 604 g/mol. The number of hydrogen-bond donors (Lipinski definition) is 3. The van der Waals surface area contributed by atoms with Crippen LogP contribution >= 0.6 is 0 Å². The number of nitrogens with one attached hydrogen (secondary N) is 3. The van der Waals surface area contributed by atoms with Crippen LogP contribution in [-0.2, 0) is 23.8 Å². The highest BCUT2D eigenvalue weighted by Gasteiger charge is 2.44. The fourth-order valence-electron chi connectivity index (χ4n) is 6.72. The molecule has 3 saturated carbocycles. The lowest BCUT2D eigenvalue weighted by molar-refractivity contribution is -0.159. The van der Waals surface area contributed by atoms with Crippen LogP contribution in [0.2, 0.25) is 0 Å². The van der Waals surface area contributed by atoms with Crippen LogP contribution < -0.4 is 16.0 Å². The summed E-state index contributed by atoms with van der Waals surface area (Å²) in [6, 6.07) is -0.587. The van der Waals surface area contributed by atoms with Gasteiger partial charge in [0.15, 0.2) is 0 Å². The van der Waals surface area contributed by atoms with E-state index in [1.807, 2.05) is 0 Å². The summed E-state index contributed by atoms with van der Waals surface area (Å²) < 4.78 is 16.4. The number of unbranched alkanes of at least 4 members (excludes halogenated alkanes) is 1. The minimum absolute atomic E-state index is 0.00663. The van der Waals surface area contributed by atoms with Crippen LogP contribution in [0.1, 0.15) is 116 Å². The predicted octanol–water partition coefficient (Wildman–Crippen LogP) is 5.36. The van der Waals surface area contributed by atoms with Crippen LogP contribution in [-0.4, -0.2) is 62.4 Å². The largest absolute Gasteiger partial charge is 0.464 e. The Hall–Kier alpha value is -2.85. The average molecular weight is 605 g/mol. The van der Waals surface area contributed by atoms with Crippen molar-refractivity contribution in [3.63, 3.8) is 0 Å². The highest BCUT2D eigenvalue weighted by Crippen LogP contribution is 2.27. The van der Waals surface area contributed by atoms with Crippen molar-refractivity contribution in [3.05, 3.63) is 0 Å². The van der Waals surface area contributed by atoms with E-state index < -0.39 is 24.1 Å². The van der Waals surface area contributed by atoms with E-state index in [1.165, 1.54) is 32.1 Å². The first-order valence-electron chi connectivity index (χ1n) is 16.9. The van der Waals surface area contributed by atoms with E-state index in [0.717, 1.165) is 64.2 Å². The second-order valence-electron chi connectivity index (χ2n) is 12.9. The number of carbonyl (C=O) groups excluding carboxylic acids is 4. The molecule has 4 fully saturated rings. The van der Waals surface area contributed by atoms with Gasteiger partial charge in [0.05, 0.1) is 25.7 Å². The Morgan fingerprint density at radius 3 is 1.60 bits per heavy atom. The minimum atomic E-state index is -0.655. The molecular weight excluding hydrogens is 552 g/mol. The van der Waals surface area contributed by atoms with E-state index in [4.69, 9.17) is 14.2 Å². The van der Waals surface area contributed by atoms with E-state index in [-0.39, 0.29) is 17.8 Å². The summed E-state index contributed by atoms with van der Waals surface area (Å²) in [5, 5.41) is 7.83. The van der Waals surface area contributed by atoms with Gasteiger partial charge < -0.3 is 19.5 Å². The second-order valence-corrected chi connectivity index (χ2v) is 12.9. The van der Waals surface area contributed by atoms with Gasteiger partial charge in [-0.15, -0.1) is 0 Å². The van der Waals surface area contributed by atoms with Crippen molar-refractivity contribution in [2.45, 2.75) is 122 Å². The number of esters is 1. The molecule has 1 heterocycles. The molecule has 0 aromatic heterocycles. The molecule has 242 valence electrons. The van der Waals surface area contributed by atoms with Gasteiger partial charge in [-0.3, -0.25) is 20.4 Å². The van der Waals surface area contributed by atoms with Gasteiger partial charge >= 0.3 is 18.2 Å². The Morgan fingerprint density at radius 2 is 1.14 bits per heavy atom. The summed E-state index contributed by atoms with van der Waals surface area (Å²) in [6.45, 7) is 1.44. The molecule has 4 rings (SSSR count). The number of β-lactam (4-membered cyclic amide) rings is 1. The van der Waals surface area contributed by atoms with Gasteiger partial charge in [-0.05, 0) is 69.1 Å². The molecule has 11 heteroatoms. The Balaban J connectivity index is 1.19. The molecule has 1 saturated heterocycles. The molecule has 43 heavy (non-hydrogen) atoms. The van der Waals surface area contributed by atoms with Gasteiger partial charge in [-0.25, -0.2) is 14.4 Å². The molecule has 0 radical (unpaired) electrons. The van der Waals surface area contributed by atoms with E-state index in [0.29, 0.717) is 63.4 Å². The molecule has 3 amide bonds. The lowest BCUT2D eigenvalue weighted by Crippen LogP contribution is -2.62. The SMILES string of the molecule is O=C(NC(=NCCCC[C@H]1C(=O)N[C@@H]1C(=O)OCC1CCCCC1)NC(=O)OCC1CCCCC1)OCC1CCCCC1. The van der Waals surface area contributed by atoms with E-state index in [1.54, 1.807) is 0 Å². The van der Waals surface area contributed by atoms with Gasteiger partial charge in [-0.1, -0.05) is 64.2 Å². The zero-order valence-corrected chi connectivity index (χ0v) is 25.7. The van der Waals surface area contributed by atoms with E-state index >= 15 is 0 Å². The van der Waals surface area contributed by atoms with Crippen molar-refractivity contribution < 1.29 is 33.4 Å². The molecule has 1 aliphatic heterocycles. The topological polar surface area (TPSA) is 144 Å². The number of rotatable bonds is 12. The molecule has 0 bridgehead atoms. The fourth-order valence-corrected chi connectivity index (χ4v) is 6.72. The van der Waals surface area contributed by atoms with Crippen molar-refractivity contribution in [2.24, 2.45) is 28.7 Å². The van der Waals surface area contributed by atoms with Crippen LogP contribution in [0.5, 0.6) is 0 Å². The van der Waals surface area contributed by atoms with Crippen LogP contribution in [0, 0.1) is 23.7 Å². The second kappa shape index (κ2) is 18.1. The zero-order chi connectivity index (χ0) is 30.3. The summed E-state index contributed by atoms with van der Waals surface area (Å²) in [6.07, 6.45) is 17.6. The van der Waals surface area contributed by atoms with Crippen molar-refractivity contribution in [2.75, 3.05) is 26.4 Å². The third-order valence-electron chi connectivity index (χ3n) is 9.46. The van der Waals surface area contributed by atoms with Gasteiger partial charge in [-0.2, -0.15) is 0 Å². The highest BCUT2D eigenvalue weighted by atomic mass is 16.6. The summed E-state index contributed by atoms with van der Waals surface area (Å²) in [4.78, 5) is 54.1. The number of guanidine groups is 1. The summed E-state index contributed by atoms with van der Waals surface area (Å²) >= 11 is 0.